The third kappa shape index (κ3) is 5.78. The maximum absolute atomic E-state index is 10.8. The van der Waals surface area contributed by atoms with Crippen LogP contribution in [0.1, 0.15) is 5.56 Å². The van der Waals surface area contributed by atoms with Crippen molar-refractivity contribution in [3.63, 3.8) is 0 Å². The van der Waals surface area contributed by atoms with Gasteiger partial charge < -0.3 is 4.90 Å². The van der Waals surface area contributed by atoms with Gasteiger partial charge >= 0.3 is 0 Å². The molecule has 0 saturated heterocycles. The lowest BCUT2D eigenvalue weighted by Gasteiger charge is -2.29. The first kappa shape index (κ1) is 22.2. The zero-order chi connectivity index (χ0) is 21.7. The molecular weight excluding hydrogens is 414 g/mol. The summed E-state index contributed by atoms with van der Waals surface area (Å²) in [5.41, 5.74) is 3.58. The van der Waals surface area contributed by atoms with Gasteiger partial charge in [-0.2, -0.15) is 0 Å². The van der Waals surface area contributed by atoms with Crippen LogP contribution < -0.4 is 9.38 Å². The molecule has 0 aliphatic heterocycles. The molecule has 156 valence electrons. The van der Waals surface area contributed by atoms with E-state index >= 15 is 0 Å². The van der Waals surface area contributed by atoms with Crippen molar-refractivity contribution >= 4 is 38.6 Å². The Balaban J connectivity index is 1.61. The van der Waals surface area contributed by atoms with Crippen LogP contribution in [0.2, 0.25) is 0 Å². The highest BCUT2D eigenvalue weighted by Gasteiger charge is 2.20. The van der Waals surface area contributed by atoms with E-state index in [1.807, 2.05) is 26.2 Å². The van der Waals surface area contributed by atoms with E-state index in [4.69, 9.17) is 0 Å². The van der Waals surface area contributed by atoms with Gasteiger partial charge in [0.15, 0.2) is 0 Å². The van der Waals surface area contributed by atoms with Gasteiger partial charge in [0.1, 0.15) is 12.2 Å². The van der Waals surface area contributed by atoms with Gasteiger partial charge in [0.2, 0.25) is 0 Å². The zero-order valence-corrected chi connectivity index (χ0v) is 19.2. The van der Waals surface area contributed by atoms with E-state index in [0.717, 1.165) is 12.1 Å². The summed E-state index contributed by atoms with van der Waals surface area (Å²) in [5.74, 6) is 0. The van der Waals surface area contributed by atoms with Crippen LogP contribution in [-0.2, 0) is 6.54 Å². The average molecular weight is 441 g/mol. The van der Waals surface area contributed by atoms with Crippen molar-refractivity contribution in [3.05, 3.63) is 88.5 Å². The van der Waals surface area contributed by atoms with Crippen molar-refractivity contribution in [1.82, 2.24) is 4.48 Å². The standard InChI is InChI=1S/C23H26N3O2S2/c1-24(2)19-9-13-22(14-10-19)29-30-23-15-11-21(12-16-23)26(3,4)17-18-5-7-20(8-6-18)25(27)28/h5-16H,17H2,1-4H3/q+1. The van der Waals surface area contributed by atoms with E-state index < -0.39 is 0 Å². The first-order valence-electron chi connectivity index (χ1n) is 9.53. The number of nitro benzene ring substituents is 1. The summed E-state index contributed by atoms with van der Waals surface area (Å²) in [5, 5.41) is 10.8. The van der Waals surface area contributed by atoms with E-state index in [9.17, 15) is 10.1 Å². The van der Waals surface area contributed by atoms with Gasteiger partial charge in [0, 0.05) is 59.4 Å². The molecular formula is C23H26N3O2S2+. The van der Waals surface area contributed by atoms with E-state index in [-0.39, 0.29) is 10.6 Å². The van der Waals surface area contributed by atoms with Crippen LogP contribution in [-0.4, -0.2) is 33.1 Å². The van der Waals surface area contributed by atoms with Crippen LogP contribution in [0.3, 0.4) is 0 Å². The lowest BCUT2D eigenvalue weighted by atomic mass is 10.1. The fourth-order valence-corrected chi connectivity index (χ4v) is 5.00. The highest BCUT2D eigenvalue weighted by molar-refractivity contribution is 8.76. The molecule has 0 heterocycles. The molecule has 0 saturated carbocycles. The molecule has 0 N–H and O–H groups in total. The number of nitrogens with zero attached hydrogens (tertiary/aromatic N) is 3. The Morgan fingerprint density at radius 3 is 1.80 bits per heavy atom. The van der Waals surface area contributed by atoms with Gasteiger partial charge in [0.25, 0.3) is 5.69 Å². The number of hydrogen-bond donors (Lipinski definition) is 0. The molecule has 0 bridgehead atoms. The first-order chi connectivity index (χ1) is 14.2. The molecule has 3 aromatic rings. The van der Waals surface area contributed by atoms with Gasteiger partial charge in [-0.1, -0.05) is 21.6 Å². The second-order valence-electron chi connectivity index (χ2n) is 7.82. The minimum Gasteiger partial charge on any atom is -0.378 e. The maximum Gasteiger partial charge on any atom is 0.269 e. The predicted molar refractivity (Wildman–Crippen MR) is 129 cm³/mol. The highest BCUT2D eigenvalue weighted by Crippen LogP contribution is 2.38. The third-order valence-electron chi connectivity index (χ3n) is 4.85. The van der Waals surface area contributed by atoms with Crippen molar-refractivity contribution in [2.75, 3.05) is 33.1 Å². The van der Waals surface area contributed by atoms with Gasteiger partial charge in [-0.05, 0) is 48.5 Å². The number of anilines is 1. The fraction of sp³-hybridized carbons (Fsp3) is 0.217. The smallest absolute Gasteiger partial charge is 0.269 e. The Kier molecular flexibility index (Phi) is 7.07. The molecule has 0 amide bonds. The number of hydrogen-bond acceptors (Lipinski definition) is 5. The fourth-order valence-electron chi connectivity index (χ4n) is 3.07. The predicted octanol–water partition coefficient (Wildman–Crippen LogP) is 6.23. The van der Waals surface area contributed by atoms with Crippen LogP contribution in [0.4, 0.5) is 17.1 Å². The van der Waals surface area contributed by atoms with Crippen molar-refractivity contribution in [1.29, 1.82) is 0 Å². The van der Waals surface area contributed by atoms with Crippen molar-refractivity contribution < 1.29 is 4.92 Å². The van der Waals surface area contributed by atoms with Crippen molar-refractivity contribution in [2.45, 2.75) is 16.3 Å². The van der Waals surface area contributed by atoms with E-state index in [0.29, 0.717) is 4.48 Å². The summed E-state index contributed by atoms with van der Waals surface area (Å²) in [6, 6.07) is 24.0. The lowest BCUT2D eigenvalue weighted by molar-refractivity contribution is -0.384. The minimum absolute atomic E-state index is 0.124. The average Bonchev–Trinajstić information content (AvgIpc) is 2.73. The van der Waals surface area contributed by atoms with Crippen LogP contribution in [0.25, 0.3) is 0 Å². The van der Waals surface area contributed by atoms with Crippen molar-refractivity contribution in [2.24, 2.45) is 0 Å². The Labute approximate surface area is 185 Å². The highest BCUT2D eigenvalue weighted by atomic mass is 33.1. The molecule has 0 radical (unpaired) electrons. The maximum atomic E-state index is 10.8. The molecule has 0 aromatic heterocycles. The van der Waals surface area contributed by atoms with E-state index in [1.54, 1.807) is 33.7 Å². The summed E-state index contributed by atoms with van der Waals surface area (Å²) in [4.78, 5) is 15.0. The van der Waals surface area contributed by atoms with Crippen LogP contribution in [0, 0.1) is 10.1 Å². The minimum atomic E-state index is -0.366. The second kappa shape index (κ2) is 9.55. The molecule has 3 rings (SSSR count). The lowest BCUT2D eigenvalue weighted by Crippen LogP contribution is -2.39. The van der Waals surface area contributed by atoms with E-state index in [2.05, 4.69) is 67.5 Å². The molecule has 30 heavy (non-hydrogen) atoms. The summed E-state index contributed by atoms with van der Waals surface area (Å²) >= 11 is 0. The molecule has 0 atom stereocenters. The second-order valence-corrected chi connectivity index (χ2v) is 10.1. The monoisotopic (exact) mass is 440 g/mol. The number of quaternary nitrogens is 1. The Morgan fingerprint density at radius 1 is 0.833 bits per heavy atom. The summed E-state index contributed by atoms with van der Waals surface area (Å²) in [6.45, 7) is 0.761. The molecule has 3 aromatic carbocycles. The summed E-state index contributed by atoms with van der Waals surface area (Å²) in [6.07, 6.45) is 0. The Morgan fingerprint density at radius 2 is 1.33 bits per heavy atom. The zero-order valence-electron chi connectivity index (χ0n) is 17.6. The molecule has 0 unspecified atom stereocenters. The van der Waals surface area contributed by atoms with E-state index in [1.165, 1.54) is 21.2 Å². The van der Waals surface area contributed by atoms with Gasteiger partial charge in [-0.3, -0.25) is 14.6 Å². The molecule has 7 heteroatoms. The molecule has 0 aliphatic carbocycles. The summed E-state index contributed by atoms with van der Waals surface area (Å²) in [7, 11) is 11.9. The first-order valence-corrected chi connectivity index (χ1v) is 11.7. The number of benzene rings is 3. The van der Waals surface area contributed by atoms with Gasteiger partial charge in [0.05, 0.1) is 19.0 Å². The molecule has 0 spiro atoms. The van der Waals surface area contributed by atoms with Crippen LogP contribution in [0.15, 0.2) is 82.6 Å². The number of non-ortho nitro benzene ring substituents is 1. The van der Waals surface area contributed by atoms with Gasteiger partial charge in [-0.15, -0.1) is 0 Å². The molecule has 0 fully saturated rings. The SMILES string of the molecule is CN(C)c1ccc(SSc2ccc([N+](C)(C)Cc3ccc([N+](=O)[O-])cc3)cc2)cc1. The summed E-state index contributed by atoms with van der Waals surface area (Å²) < 4.78 is 0.669. The van der Waals surface area contributed by atoms with Gasteiger partial charge in [-0.25, -0.2) is 0 Å². The Bertz CT molecular complexity index is 986. The number of rotatable bonds is 8. The molecule has 5 nitrogen and oxygen atoms in total. The normalized spacial score (nSPS) is 11.3. The topological polar surface area (TPSA) is 46.4 Å². The van der Waals surface area contributed by atoms with Crippen molar-refractivity contribution in [3.8, 4) is 0 Å². The van der Waals surface area contributed by atoms with Crippen LogP contribution in [0.5, 0.6) is 0 Å². The molecule has 0 aliphatic rings. The number of nitro groups is 1. The van der Waals surface area contributed by atoms with Crippen LogP contribution >= 0.6 is 21.6 Å². The third-order valence-corrected chi connectivity index (χ3v) is 7.27. The quantitative estimate of drug-likeness (QED) is 0.180. The largest absolute Gasteiger partial charge is 0.378 e. The Hall–Kier alpha value is -2.48.